The normalized spacial score (nSPS) is 14.7. The summed E-state index contributed by atoms with van der Waals surface area (Å²) >= 11 is 0. The molecule has 0 aliphatic carbocycles. The summed E-state index contributed by atoms with van der Waals surface area (Å²) in [4.78, 5) is 39.5. The van der Waals surface area contributed by atoms with Crippen LogP contribution in [-0.2, 0) is 19.2 Å². The van der Waals surface area contributed by atoms with Gasteiger partial charge in [-0.15, -0.1) is 0 Å². The van der Waals surface area contributed by atoms with E-state index in [1.165, 1.54) is 17.7 Å². The predicted octanol–water partition coefficient (Wildman–Crippen LogP) is -2.88. The van der Waals surface area contributed by atoms with Gasteiger partial charge in [0.15, 0.2) is 11.5 Å². The first-order chi connectivity index (χ1) is 21.0. The van der Waals surface area contributed by atoms with Crippen LogP contribution in [0.2, 0.25) is 0 Å². The molecule has 6 N–H and O–H groups in total. The lowest BCUT2D eigenvalue weighted by Gasteiger charge is -2.23. The van der Waals surface area contributed by atoms with Crippen LogP contribution in [0.25, 0.3) is 5.57 Å². The number of carboxylic acids is 4. The number of para-hydroxylation sites is 2. The van der Waals surface area contributed by atoms with Crippen molar-refractivity contribution in [3.05, 3.63) is 90.5 Å². The van der Waals surface area contributed by atoms with Crippen molar-refractivity contribution >= 4 is 29.5 Å². The first kappa shape index (κ1) is 37.0. The SMILES string of the molecule is COc1ccccc1OCC(O)C[NH2+]CC[NH+]1CC=C(c2ccccc2)CC1.O=C([O-])/C=C/C(=O)O.O=C([O-])/C=C/C(=O)O. The molecule has 0 fully saturated rings. The number of aliphatic hydroxyl groups is 1. The summed E-state index contributed by atoms with van der Waals surface area (Å²) in [5, 5.41) is 46.8. The first-order valence-corrected chi connectivity index (χ1v) is 13.6. The number of rotatable bonds is 14. The Morgan fingerprint density at radius 2 is 1.48 bits per heavy atom. The van der Waals surface area contributed by atoms with Crippen LogP contribution in [-0.4, -0.2) is 91.7 Å². The van der Waals surface area contributed by atoms with Crippen molar-refractivity contribution < 1.29 is 64.4 Å². The number of carbonyl (C=O) groups is 4. The van der Waals surface area contributed by atoms with Crippen molar-refractivity contribution in [3.63, 3.8) is 0 Å². The molecule has 2 aromatic carbocycles. The van der Waals surface area contributed by atoms with Gasteiger partial charge in [-0.25, -0.2) is 9.59 Å². The van der Waals surface area contributed by atoms with Crippen molar-refractivity contribution in [1.29, 1.82) is 0 Å². The number of nitrogens with one attached hydrogen (secondary N) is 1. The number of aliphatic hydroxyl groups excluding tert-OH is 1. The minimum atomic E-state index is -1.51. The molecular formula is C31H38N2O11. The lowest BCUT2D eigenvalue weighted by molar-refractivity contribution is -0.908. The molecule has 0 radical (unpaired) electrons. The highest BCUT2D eigenvalue weighted by atomic mass is 16.5. The van der Waals surface area contributed by atoms with Gasteiger partial charge in [-0.1, -0.05) is 42.5 Å². The number of benzene rings is 2. The van der Waals surface area contributed by atoms with E-state index in [1.54, 1.807) is 12.0 Å². The Kier molecular flexibility index (Phi) is 18.3. The average molecular weight is 615 g/mol. The summed E-state index contributed by atoms with van der Waals surface area (Å²) in [6.45, 7) is 5.30. The maximum atomic E-state index is 10.2. The molecule has 0 spiro atoms. The molecule has 1 heterocycles. The van der Waals surface area contributed by atoms with Gasteiger partial charge in [0.25, 0.3) is 0 Å². The molecule has 44 heavy (non-hydrogen) atoms. The van der Waals surface area contributed by atoms with E-state index in [2.05, 4.69) is 41.7 Å². The average Bonchev–Trinajstić information content (AvgIpc) is 3.01. The van der Waals surface area contributed by atoms with E-state index in [-0.39, 0.29) is 6.61 Å². The number of quaternary nitrogens is 2. The number of hydrogen-bond donors (Lipinski definition) is 5. The fourth-order valence-corrected chi connectivity index (χ4v) is 3.81. The van der Waals surface area contributed by atoms with Gasteiger partial charge in [-0.05, 0) is 41.5 Å². The van der Waals surface area contributed by atoms with Gasteiger partial charge in [0, 0.05) is 18.6 Å². The quantitative estimate of drug-likeness (QED) is 0.108. The fraction of sp³-hybridized carbons (Fsp3) is 0.290. The third-order valence-electron chi connectivity index (χ3n) is 5.89. The minimum Gasteiger partial charge on any atom is -0.545 e. The minimum absolute atomic E-state index is 0.274. The molecule has 1 aliphatic rings. The molecule has 13 nitrogen and oxygen atoms in total. The van der Waals surface area contributed by atoms with Gasteiger partial charge < -0.3 is 54.8 Å². The molecule has 13 heteroatoms. The van der Waals surface area contributed by atoms with Crippen LogP contribution in [0.1, 0.15) is 12.0 Å². The second-order valence-electron chi connectivity index (χ2n) is 9.21. The molecular weight excluding hydrogens is 576 g/mol. The molecule has 0 saturated carbocycles. The first-order valence-electron chi connectivity index (χ1n) is 13.6. The Morgan fingerprint density at radius 1 is 0.909 bits per heavy atom. The van der Waals surface area contributed by atoms with Crippen LogP contribution in [0.5, 0.6) is 11.5 Å². The summed E-state index contributed by atoms with van der Waals surface area (Å²) in [5.74, 6) is -4.25. The smallest absolute Gasteiger partial charge is 0.328 e. The van der Waals surface area contributed by atoms with E-state index in [1.807, 2.05) is 24.3 Å². The Morgan fingerprint density at radius 3 is 1.95 bits per heavy atom. The number of ether oxygens (including phenoxy) is 2. The predicted molar refractivity (Wildman–Crippen MR) is 154 cm³/mol. The van der Waals surface area contributed by atoms with E-state index >= 15 is 0 Å². The number of nitrogens with two attached hydrogens (primary N) is 1. The van der Waals surface area contributed by atoms with Crippen molar-refractivity contribution in [2.75, 3.05) is 46.4 Å². The van der Waals surface area contributed by atoms with Crippen molar-refractivity contribution in [3.8, 4) is 11.5 Å². The molecule has 2 unspecified atom stereocenters. The van der Waals surface area contributed by atoms with Crippen LogP contribution in [0, 0.1) is 0 Å². The molecule has 0 bridgehead atoms. The van der Waals surface area contributed by atoms with E-state index in [0.717, 1.165) is 26.1 Å². The van der Waals surface area contributed by atoms with Crippen LogP contribution in [0.3, 0.4) is 0 Å². The standard InChI is InChI=1S/C23H30N2O3.2C4H4O4/c1-27-22-9-5-6-10-23(22)28-18-21(26)17-24-13-16-25-14-11-20(12-15-25)19-7-3-2-4-8-19;2*5-3(6)1-2-4(7)8/h2-11,21,24,26H,12-18H2,1H3;2*1-2H,(H,5,6)(H,7,8)/b;2*2-1+. The van der Waals surface area contributed by atoms with E-state index in [0.29, 0.717) is 42.3 Å². The number of carboxylic acid groups (broad SMARTS) is 4. The second kappa shape index (κ2) is 21.7. The van der Waals surface area contributed by atoms with Gasteiger partial charge in [-0.3, -0.25) is 0 Å². The lowest BCUT2D eigenvalue weighted by Crippen LogP contribution is -3.15. The Hall–Kier alpha value is -4.98. The van der Waals surface area contributed by atoms with Gasteiger partial charge in [0.2, 0.25) is 0 Å². The Balaban J connectivity index is 0.000000498. The second-order valence-corrected chi connectivity index (χ2v) is 9.21. The molecule has 3 rings (SSSR count). The largest absolute Gasteiger partial charge is 0.545 e. The van der Waals surface area contributed by atoms with Crippen molar-refractivity contribution in [2.45, 2.75) is 12.5 Å². The molecule has 0 amide bonds. The van der Waals surface area contributed by atoms with Gasteiger partial charge in [-0.2, -0.15) is 0 Å². The molecule has 2 atom stereocenters. The number of carbonyl (C=O) groups excluding carboxylic acids is 2. The number of aliphatic carboxylic acids is 4. The number of hydrogen-bond acceptors (Lipinski definition) is 9. The summed E-state index contributed by atoms with van der Waals surface area (Å²) in [6, 6.07) is 18.2. The van der Waals surface area contributed by atoms with Crippen LogP contribution < -0.4 is 29.9 Å². The molecule has 1 aliphatic heterocycles. The fourth-order valence-electron chi connectivity index (χ4n) is 3.81. The summed E-state index contributed by atoms with van der Waals surface area (Å²) in [6.07, 6.45) is 4.90. The zero-order valence-electron chi connectivity index (χ0n) is 24.3. The van der Waals surface area contributed by atoms with Crippen molar-refractivity contribution in [1.82, 2.24) is 0 Å². The van der Waals surface area contributed by atoms with Crippen LogP contribution in [0.15, 0.2) is 85.0 Å². The summed E-state index contributed by atoms with van der Waals surface area (Å²) in [5.41, 5.74) is 2.82. The zero-order chi connectivity index (χ0) is 32.7. The highest BCUT2D eigenvalue weighted by Gasteiger charge is 2.16. The highest BCUT2D eigenvalue weighted by Crippen LogP contribution is 2.25. The molecule has 2 aromatic rings. The van der Waals surface area contributed by atoms with Gasteiger partial charge in [0.05, 0.1) is 32.1 Å². The number of methoxy groups -OCH3 is 1. The molecule has 0 aromatic heterocycles. The maximum absolute atomic E-state index is 10.2. The maximum Gasteiger partial charge on any atom is 0.328 e. The highest BCUT2D eigenvalue weighted by molar-refractivity contribution is 5.89. The van der Waals surface area contributed by atoms with Crippen LogP contribution >= 0.6 is 0 Å². The third kappa shape index (κ3) is 17.7. The topological polar surface area (TPSA) is 215 Å². The van der Waals surface area contributed by atoms with Crippen molar-refractivity contribution in [2.24, 2.45) is 0 Å². The van der Waals surface area contributed by atoms with Crippen LogP contribution in [0.4, 0.5) is 0 Å². The molecule has 238 valence electrons. The zero-order valence-corrected chi connectivity index (χ0v) is 24.3. The summed E-state index contributed by atoms with van der Waals surface area (Å²) < 4.78 is 10.9. The molecule has 0 saturated heterocycles. The third-order valence-corrected chi connectivity index (χ3v) is 5.89. The monoisotopic (exact) mass is 614 g/mol. The van der Waals surface area contributed by atoms with E-state index in [4.69, 9.17) is 19.7 Å². The lowest BCUT2D eigenvalue weighted by atomic mass is 10.00. The van der Waals surface area contributed by atoms with Gasteiger partial charge in [0.1, 0.15) is 32.3 Å². The Labute approximate surface area is 255 Å². The van der Waals surface area contributed by atoms with E-state index in [9.17, 15) is 34.5 Å². The van der Waals surface area contributed by atoms with E-state index < -0.39 is 30.0 Å². The summed E-state index contributed by atoms with van der Waals surface area (Å²) in [7, 11) is 1.62. The Bertz CT molecular complexity index is 1210. The van der Waals surface area contributed by atoms with Gasteiger partial charge >= 0.3 is 11.9 Å².